The summed E-state index contributed by atoms with van der Waals surface area (Å²) in [4.78, 5) is 4.22. The highest BCUT2D eigenvalue weighted by molar-refractivity contribution is 7.89. The smallest absolute Gasteiger partial charge is 0.240 e. The number of benzene rings is 2. The number of hydrogen-bond acceptors (Lipinski definition) is 4. The van der Waals surface area contributed by atoms with Gasteiger partial charge in [-0.1, -0.05) is 18.2 Å². The highest BCUT2D eigenvalue weighted by Gasteiger charge is 2.16. The van der Waals surface area contributed by atoms with Crippen LogP contribution in [0.15, 0.2) is 51.8 Å². The van der Waals surface area contributed by atoms with Crippen LogP contribution in [0.1, 0.15) is 11.5 Å². The van der Waals surface area contributed by atoms with Gasteiger partial charge in [-0.05, 0) is 36.2 Å². The van der Waals surface area contributed by atoms with Crippen molar-refractivity contribution in [3.8, 4) is 0 Å². The van der Waals surface area contributed by atoms with E-state index in [0.29, 0.717) is 22.6 Å². The van der Waals surface area contributed by atoms with Gasteiger partial charge in [0.1, 0.15) is 11.3 Å². The quantitative estimate of drug-likeness (QED) is 0.779. The maximum Gasteiger partial charge on any atom is 0.240 e. The van der Waals surface area contributed by atoms with Crippen molar-refractivity contribution in [1.29, 1.82) is 0 Å². The average Bonchev–Trinajstić information content (AvgIpc) is 2.88. The van der Waals surface area contributed by atoms with Crippen molar-refractivity contribution in [2.45, 2.75) is 18.2 Å². The standard InChI is InChI=1S/C16H15FN2O3S/c1-11-19-15-10-13(6-7-16(15)22-11)23(20,21)18-9-8-12-4-2-3-5-14(12)17/h2-7,10,18H,8-9H2,1H3. The van der Waals surface area contributed by atoms with Crippen LogP contribution in [0.5, 0.6) is 0 Å². The summed E-state index contributed by atoms with van der Waals surface area (Å²) < 4.78 is 45.9. The van der Waals surface area contributed by atoms with E-state index in [4.69, 9.17) is 4.42 Å². The van der Waals surface area contributed by atoms with E-state index in [2.05, 4.69) is 9.71 Å². The summed E-state index contributed by atoms with van der Waals surface area (Å²) in [7, 11) is -3.68. The van der Waals surface area contributed by atoms with Crippen molar-refractivity contribution in [3.05, 3.63) is 59.7 Å². The van der Waals surface area contributed by atoms with Gasteiger partial charge in [0.15, 0.2) is 11.5 Å². The van der Waals surface area contributed by atoms with Crippen LogP contribution < -0.4 is 4.72 Å². The topological polar surface area (TPSA) is 72.2 Å². The van der Waals surface area contributed by atoms with Gasteiger partial charge in [-0.15, -0.1) is 0 Å². The fraction of sp³-hybridized carbons (Fsp3) is 0.188. The second-order valence-corrected chi connectivity index (χ2v) is 6.87. The van der Waals surface area contributed by atoms with Crippen LogP contribution >= 0.6 is 0 Å². The Hall–Kier alpha value is -2.25. The molecule has 23 heavy (non-hydrogen) atoms. The van der Waals surface area contributed by atoms with Gasteiger partial charge in [0, 0.05) is 13.5 Å². The molecule has 1 N–H and O–H groups in total. The zero-order valence-electron chi connectivity index (χ0n) is 12.4. The molecule has 0 bridgehead atoms. The Morgan fingerprint density at radius 1 is 1.22 bits per heavy atom. The Kier molecular flexibility index (Phi) is 4.14. The lowest BCUT2D eigenvalue weighted by atomic mass is 10.1. The van der Waals surface area contributed by atoms with E-state index in [0.717, 1.165) is 0 Å². The van der Waals surface area contributed by atoms with Crippen molar-refractivity contribution in [3.63, 3.8) is 0 Å². The molecule has 0 aliphatic carbocycles. The molecule has 120 valence electrons. The summed E-state index contributed by atoms with van der Waals surface area (Å²) >= 11 is 0. The molecular formula is C16H15FN2O3S. The summed E-state index contributed by atoms with van der Waals surface area (Å²) in [5.41, 5.74) is 1.49. The third kappa shape index (κ3) is 3.40. The molecule has 0 radical (unpaired) electrons. The number of fused-ring (bicyclic) bond motifs is 1. The maximum atomic E-state index is 13.5. The number of aryl methyl sites for hydroxylation is 1. The molecule has 0 unspecified atom stereocenters. The molecule has 0 aliphatic rings. The van der Waals surface area contributed by atoms with Crippen LogP contribution in [0.3, 0.4) is 0 Å². The van der Waals surface area contributed by atoms with E-state index in [1.807, 2.05) is 0 Å². The lowest BCUT2D eigenvalue weighted by Gasteiger charge is -2.07. The van der Waals surface area contributed by atoms with E-state index in [1.165, 1.54) is 18.2 Å². The van der Waals surface area contributed by atoms with Crippen molar-refractivity contribution >= 4 is 21.1 Å². The molecule has 0 spiro atoms. The summed E-state index contributed by atoms with van der Waals surface area (Å²) in [6, 6.07) is 10.8. The Labute approximate surface area is 133 Å². The van der Waals surface area contributed by atoms with E-state index in [9.17, 15) is 12.8 Å². The van der Waals surface area contributed by atoms with Crippen molar-refractivity contribution in [2.24, 2.45) is 0 Å². The first-order valence-corrected chi connectivity index (χ1v) is 8.54. The van der Waals surface area contributed by atoms with E-state index < -0.39 is 10.0 Å². The normalized spacial score (nSPS) is 11.9. The van der Waals surface area contributed by atoms with Crippen LogP contribution in [0.2, 0.25) is 0 Å². The van der Waals surface area contributed by atoms with Gasteiger partial charge in [0.25, 0.3) is 0 Å². The molecule has 0 fully saturated rings. The minimum atomic E-state index is -3.68. The van der Waals surface area contributed by atoms with Crippen LogP contribution in [-0.2, 0) is 16.4 Å². The summed E-state index contributed by atoms with van der Waals surface area (Å²) in [5.74, 6) is 0.133. The van der Waals surface area contributed by atoms with E-state index in [-0.39, 0.29) is 23.7 Å². The number of oxazole rings is 1. The molecule has 5 nitrogen and oxygen atoms in total. The molecular weight excluding hydrogens is 319 g/mol. The predicted octanol–water partition coefficient (Wildman–Crippen LogP) is 2.80. The third-order valence-electron chi connectivity index (χ3n) is 3.42. The van der Waals surface area contributed by atoms with Crippen LogP contribution in [0.4, 0.5) is 4.39 Å². The monoisotopic (exact) mass is 334 g/mol. The first-order chi connectivity index (χ1) is 11.0. The molecule has 0 saturated carbocycles. The van der Waals surface area contributed by atoms with Crippen molar-refractivity contribution in [2.75, 3.05) is 6.54 Å². The molecule has 3 rings (SSSR count). The summed E-state index contributed by atoms with van der Waals surface area (Å²) in [6.45, 7) is 1.81. The number of hydrogen-bond donors (Lipinski definition) is 1. The number of rotatable bonds is 5. The molecule has 1 aromatic heterocycles. The van der Waals surface area contributed by atoms with E-state index >= 15 is 0 Å². The maximum absolute atomic E-state index is 13.5. The van der Waals surface area contributed by atoms with Crippen LogP contribution in [-0.4, -0.2) is 19.9 Å². The Morgan fingerprint density at radius 3 is 2.78 bits per heavy atom. The highest BCUT2D eigenvalue weighted by atomic mass is 32.2. The zero-order valence-corrected chi connectivity index (χ0v) is 13.2. The molecule has 1 heterocycles. The number of nitrogens with zero attached hydrogens (tertiary/aromatic N) is 1. The molecule has 0 atom stereocenters. The minimum absolute atomic E-state index is 0.104. The van der Waals surface area contributed by atoms with Crippen molar-refractivity contribution in [1.82, 2.24) is 9.71 Å². The predicted molar refractivity (Wildman–Crippen MR) is 84.0 cm³/mol. The van der Waals surface area contributed by atoms with Gasteiger partial charge in [-0.3, -0.25) is 0 Å². The van der Waals surface area contributed by atoms with Crippen LogP contribution in [0, 0.1) is 12.7 Å². The molecule has 7 heteroatoms. The fourth-order valence-electron chi connectivity index (χ4n) is 2.29. The largest absolute Gasteiger partial charge is 0.441 e. The van der Waals surface area contributed by atoms with Gasteiger partial charge in [-0.2, -0.15) is 0 Å². The average molecular weight is 334 g/mol. The molecule has 0 saturated heterocycles. The van der Waals surface area contributed by atoms with E-state index in [1.54, 1.807) is 31.2 Å². The van der Waals surface area contributed by atoms with Gasteiger partial charge < -0.3 is 4.42 Å². The molecule has 0 amide bonds. The Balaban J connectivity index is 1.74. The zero-order chi connectivity index (χ0) is 16.4. The van der Waals surface area contributed by atoms with Gasteiger partial charge in [0.2, 0.25) is 10.0 Å². The van der Waals surface area contributed by atoms with Crippen LogP contribution in [0.25, 0.3) is 11.1 Å². The molecule has 0 aliphatic heterocycles. The first kappa shape index (κ1) is 15.6. The number of halogens is 1. The number of aromatic nitrogens is 1. The second-order valence-electron chi connectivity index (χ2n) is 5.10. The van der Waals surface area contributed by atoms with Gasteiger partial charge >= 0.3 is 0 Å². The first-order valence-electron chi connectivity index (χ1n) is 7.06. The molecule has 2 aromatic carbocycles. The van der Waals surface area contributed by atoms with Gasteiger partial charge in [-0.25, -0.2) is 22.5 Å². The Morgan fingerprint density at radius 2 is 2.00 bits per heavy atom. The summed E-state index contributed by atoms with van der Waals surface area (Å²) in [6.07, 6.45) is 0.275. The lowest BCUT2D eigenvalue weighted by molar-refractivity contribution is 0.561. The minimum Gasteiger partial charge on any atom is -0.441 e. The summed E-state index contributed by atoms with van der Waals surface area (Å²) in [5, 5.41) is 0. The SMILES string of the molecule is Cc1nc2cc(S(=O)(=O)NCCc3ccccc3F)ccc2o1. The second kappa shape index (κ2) is 6.10. The Bertz CT molecular complexity index is 951. The fourth-order valence-corrected chi connectivity index (χ4v) is 3.35. The lowest BCUT2D eigenvalue weighted by Crippen LogP contribution is -2.26. The number of sulfonamides is 1. The third-order valence-corrected chi connectivity index (χ3v) is 4.88. The van der Waals surface area contributed by atoms with Gasteiger partial charge in [0.05, 0.1) is 4.90 Å². The van der Waals surface area contributed by atoms with Crippen molar-refractivity contribution < 1.29 is 17.2 Å². The highest BCUT2D eigenvalue weighted by Crippen LogP contribution is 2.19. The molecule has 3 aromatic rings. The number of nitrogens with one attached hydrogen (secondary N) is 1.